The summed E-state index contributed by atoms with van der Waals surface area (Å²) in [6.07, 6.45) is 2.09. The largest absolute Gasteiger partial charge is 0.379 e. The molecule has 1 saturated heterocycles. The van der Waals surface area contributed by atoms with Gasteiger partial charge in [-0.15, -0.1) is 0 Å². The Morgan fingerprint density at radius 3 is 2.74 bits per heavy atom. The first-order valence-electron chi connectivity index (χ1n) is 9.25. The highest BCUT2D eigenvalue weighted by atomic mass is 32.2. The van der Waals surface area contributed by atoms with Gasteiger partial charge in [0.1, 0.15) is 0 Å². The van der Waals surface area contributed by atoms with Crippen LogP contribution in [0.3, 0.4) is 0 Å². The zero-order valence-corrected chi connectivity index (χ0v) is 16.6. The van der Waals surface area contributed by atoms with Crippen LogP contribution in [0, 0.1) is 5.41 Å². The van der Waals surface area contributed by atoms with E-state index in [1.165, 1.54) is 10.2 Å². The molecule has 1 aromatic heterocycles. The zero-order valence-electron chi connectivity index (χ0n) is 15.8. The normalized spacial score (nSPS) is 16.1. The third-order valence-electron chi connectivity index (χ3n) is 4.69. The third-order valence-corrected chi connectivity index (χ3v) is 6.76. The maximum atomic E-state index is 12.9. The van der Waals surface area contributed by atoms with Crippen LogP contribution in [-0.4, -0.2) is 73.1 Å². The van der Waals surface area contributed by atoms with E-state index >= 15 is 0 Å². The molecule has 0 unspecified atom stereocenters. The van der Waals surface area contributed by atoms with Crippen molar-refractivity contribution in [1.82, 2.24) is 13.9 Å². The lowest BCUT2D eigenvalue weighted by Gasteiger charge is -2.26. The number of anilines is 1. The van der Waals surface area contributed by atoms with E-state index in [2.05, 4.69) is 15.2 Å². The molecular formula is C18H27N5O3S. The van der Waals surface area contributed by atoms with Gasteiger partial charge in [0.25, 0.3) is 0 Å². The monoisotopic (exact) mass is 393 g/mol. The van der Waals surface area contributed by atoms with Crippen molar-refractivity contribution in [2.75, 3.05) is 44.7 Å². The zero-order chi connectivity index (χ0) is 19.4. The quantitative estimate of drug-likeness (QED) is 0.524. The van der Waals surface area contributed by atoms with Crippen molar-refractivity contribution in [2.45, 2.75) is 25.5 Å². The molecule has 148 valence electrons. The van der Waals surface area contributed by atoms with Gasteiger partial charge in [0.15, 0.2) is 0 Å². The molecule has 0 saturated carbocycles. The Hall–Kier alpha value is -1.97. The molecule has 0 bridgehead atoms. The summed E-state index contributed by atoms with van der Waals surface area (Å²) in [5, 5.41) is 10.1. The number of rotatable bonds is 8. The number of imidazole rings is 1. The molecule has 0 spiro atoms. The fourth-order valence-electron chi connectivity index (χ4n) is 3.07. The van der Waals surface area contributed by atoms with E-state index in [-0.39, 0.29) is 0 Å². The summed E-state index contributed by atoms with van der Waals surface area (Å²) >= 11 is 0. The highest BCUT2D eigenvalue weighted by molar-refractivity contribution is 7.90. The number of morpholine rings is 1. The van der Waals surface area contributed by atoms with Crippen LogP contribution in [0.5, 0.6) is 0 Å². The first kappa shape index (κ1) is 19.8. The van der Waals surface area contributed by atoms with Gasteiger partial charge in [-0.25, -0.2) is 17.4 Å². The summed E-state index contributed by atoms with van der Waals surface area (Å²) in [5.74, 6) is 0.336. The number of fused-ring (bicyclic) bond motifs is 1. The predicted molar refractivity (Wildman–Crippen MR) is 107 cm³/mol. The van der Waals surface area contributed by atoms with Crippen molar-refractivity contribution >= 4 is 33.2 Å². The van der Waals surface area contributed by atoms with Crippen LogP contribution in [0.15, 0.2) is 18.2 Å². The van der Waals surface area contributed by atoms with Gasteiger partial charge in [0.05, 0.1) is 29.5 Å². The van der Waals surface area contributed by atoms with Crippen molar-refractivity contribution in [3.05, 3.63) is 23.8 Å². The second kappa shape index (κ2) is 8.37. The number of nitrogens with zero attached hydrogens (tertiary/aromatic N) is 3. The van der Waals surface area contributed by atoms with Crippen LogP contribution in [0.4, 0.5) is 5.95 Å². The van der Waals surface area contributed by atoms with E-state index in [1.54, 1.807) is 32.0 Å². The lowest BCUT2D eigenvalue weighted by Crippen LogP contribution is -2.37. The Morgan fingerprint density at radius 2 is 2.07 bits per heavy atom. The lowest BCUT2D eigenvalue weighted by atomic mass is 10.2. The summed E-state index contributed by atoms with van der Waals surface area (Å²) in [6.45, 7) is 8.29. The van der Waals surface area contributed by atoms with Crippen LogP contribution in [0.25, 0.3) is 11.0 Å². The van der Waals surface area contributed by atoms with Crippen LogP contribution in [0.2, 0.25) is 0 Å². The average molecular weight is 394 g/mol. The van der Waals surface area contributed by atoms with Gasteiger partial charge < -0.3 is 15.5 Å². The van der Waals surface area contributed by atoms with Gasteiger partial charge in [-0.1, -0.05) is 6.07 Å². The fraction of sp³-hybridized carbons (Fsp3) is 0.556. The van der Waals surface area contributed by atoms with Crippen LogP contribution < -0.4 is 5.32 Å². The Labute approximate surface area is 160 Å². The maximum Gasteiger partial charge on any atom is 0.244 e. The molecule has 1 aliphatic heterocycles. The Morgan fingerprint density at radius 1 is 1.33 bits per heavy atom. The van der Waals surface area contributed by atoms with E-state index in [0.717, 1.165) is 39.3 Å². The second-order valence-corrected chi connectivity index (χ2v) is 9.26. The Kier molecular flexibility index (Phi) is 6.13. The maximum absolute atomic E-state index is 12.9. The minimum atomic E-state index is -3.58. The molecule has 1 aliphatic rings. The van der Waals surface area contributed by atoms with E-state index in [4.69, 9.17) is 10.1 Å². The fourth-order valence-corrected chi connectivity index (χ4v) is 4.26. The standard InChI is InChI=1S/C18H27N5O3S/c1-14(2)27(24,25)23-17-12-15(13-19)4-5-16(17)21-18(23)20-6-3-7-22-8-10-26-11-9-22/h4-5,12-14,19H,3,6-11H2,1-2H3,(H,20,21). The first-order chi connectivity index (χ1) is 12.9. The summed E-state index contributed by atoms with van der Waals surface area (Å²) in [5.41, 5.74) is 1.74. The number of nitrogens with one attached hydrogen (secondary N) is 2. The first-order valence-corrected chi connectivity index (χ1v) is 10.7. The molecule has 1 fully saturated rings. The highest BCUT2D eigenvalue weighted by Crippen LogP contribution is 2.25. The number of aromatic nitrogens is 2. The molecular weight excluding hydrogens is 366 g/mol. The van der Waals surface area contributed by atoms with Gasteiger partial charge in [0, 0.05) is 25.8 Å². The van der Waals surface area contributed by atoms with E-state index < -0.39 is 15.3 Å². The molecule has 0 aliphatic carbocycles. The average Bonchev–Trinajstić information content (AvgIpc) is 3.03. The number of ether oxygens (including phenoxy) is 1. The smallest absolute Gasteiger partial charge is 0.244 e. The molecule has 2 heterocycles. The molecule has 0 atom stereocenters. The van der Waals surface area contributed by atoms with Crippen molar-refractivity contribution < 1.29 is 13.2 Å². The van der Waals surface area contributed by atoms with Gasteiger partial charge in [-0.3, -0.25) is 4.90 Å². The lowest BCUT2D eigenvalue weighted by molar-refractivity contribution is 0.0378. The van der Waals surface area contributed by atoms with Gasteiger partial charge in [-0.2, -0.15) is 0 Å². The van der Waals surface area contributed by atoms with Crippen molar-refractivity contribution in [3.8, 4) is 0 Å². The van der Waals surface area contributed by atoms with Crippen LogP contribution >= 0.6 is 0 Å². The molecule has 0 amide bonds. The topological polar surface area (TPSA) is 100 Å². The Balaban J connectivity index is 1.82. The SMILES string of the molecule is CC(C)S(=O)(=O)n1c(NCCCN2CCOCC2)nc2ccc(C=N)cc21. The molecule has 2 aromatic rings. The summed E-state index contributed by atoms with van der Waals surface area (Å²) < 4.78 is 32.5. The molecule has 27 heavy (non-hydrogen) atoms. The second-order valence-electron chi connectivity index (χ2n) is 6.92. The minimum absolute atomic E-state index is 0.336. The van der Waals surface area contributed by atoms with Crippen molar-refractivity contribution in [2.24, 2.45) is 0 Å². The predicted octanol–water partition coefficient (Wildman–Crippen LogP) is 1.75. The molecule has 1 aromatic carbocycles. The van der Waals surface area contributed by atoms with Gasteiger partial charge >= 0.3 is 0 Å². The molecule has 2 N–H and O–H groups in total. The van der Waals surface area contributed by atoms with Crippen LogP contribution in [0.1, 0.15) is 25.8 Å². The van der Waals surface area contributed by atoms with Crippen molar-refractivity contribution in [3.63, 3.8) is 0 Å². The van der Waals surface area contributed by atoms with E-state index in [1.807, 2.05) is 0 Å². The third kappa shape index (κ3) is 4.31. The Bertz CT molecular complexity index is 901. The molecule has 8 nitrogen and oxygen atoms in total. The summed E-state index contributed by atoms with van der Waals surface area (Å²) in [6, 6.07) is 5.20. The number of hydrogen-bond donors (Lipinski definition) is 2. The van der Waals surface area contributed by atoms with Gasteiger partial charge in [-0.05, 0) is 44.5 Å². The summed E-state index contributed by atoms with van der Waals surface area (Å²) in [7, 11) is -3.58. The summed E-state index contributed by atoms with van der Waals surface area (Å²) in [4.78, 5) is 6.83. The molecule has 9 heteroatoms. The highest BCUT2D eigenvalue weighted by Gasteiger charge is 2.25. The van der Waals surface area contributed by atoms with Crippen LogP contribution in [-0.2, 0) is 14.8 Å². The van der Waals surface area contributed by atoms with Gasteiger partial charge in [0.2, 0.25) is 16.0 Å². The van der Waals surface area contributed by atoms with E-state index in [9.17, 15) is 8.42 Å². The van der Waals surface area contributed by atoms with E-state index in [0.29, 0.717) is 29.1 Å². The minimum Gasteiger partial charge on any atom is -0.379 e. The number of hydrogen-bond acceptors (Lipinski definition) is 7. The number of benzene rings is 1. The molecule has 3 rings (SSSR count). The molecule has 0 radical (unpaired) electrons. The van der Waals surface area contributed by atoms with Crippen molar-refractivity contribution in [1.29, 1.82) is 5.41 Å².